The second kappa shape index (κ2) is 8.94. The van der Waals surface area contributed by atoms with Crippen LogP contribution in [0.25, 0.3) is 0 Å². The summed E-state index contributed by atoms with van der Waals surface area (Å²) in [6.07, 6.45) is 0.314. The third kappa shape index (κ3) is 6.12. The molecule has 0 aliphatic carbocycles. The molecule has 0 spiro atoms. The van der Waals surface area contributed by atoms with Gasteiger partial charge < -0.3 is 19.9 Å². The lowest BCUT2D eigenvalue weighted by Gasteiger charge is -2.19. The van der Waals surface area contributed by atoms with Crippen molar-refractivity contribution in [2.75, 3.05) is 20.3 Å². The Bertz CT molecular complexity index is 628. The SMILES string of the molecule is COc1cc(C(=O)NCCC(C)(C)C(=O)O)cc(Cl)c1OCC(C)C. The van der Waals surface area contributed by atoms with E-state index in [0.29, 0.717) is 36.0 Å². The molecule has 0 atom stereocenters. The summed E-state index contributed by atoms with van der Waals surface area (Å²) in [5.41, 5.74) is -0.580. The number of aliphatic carboxylic acids is 1. The molecule has 0 radical (unpaired) electrons. The summed E-state index contributed by atoms with van der Waals surface area (Å²) in [6, 6.07) is 3.07. The van der Waals surface area contributed by atoms with Gasteiger partial charge >= 0.3 is 5.97 Å². The Morgan fingerprint density at radius 1 is 1.32 bits per heavy atom. The van der Waals surface area contributed by atoms with E-state index in [-0.39, 0.29) is 17.5 Å². The second-order valence-corrected chi connectivity index (χ2v) is 7.30. The quantitative estimate of drug-likeness (QED) is 0.692. The standard InChI is InChI=1S/C18H26ClNO5/c1-11(2)10-25-15-13(19)8-12(9-14(15)24-5)16(21)20-7-6-18(3,4)17(22)23/h8-9,11H,6-7,10H2,1-5H3,(H,20,21)(H,22,23). The van der Waals surface area contributed by atoms with Crippen LogP contribution in [-0.4, -0.2) is 37.2 Å². The molecule has 0 aromatic heterocycles. The molecule has 7 heteroatoms. The number of hydrogen-bond donors (Lipinski definition) is 2. The van der Waals surface area contributed by atoms with Crippen LogP contribution in [0.2, 0.25) is 5.02 Å². The van der Waals surface area contributed by atoms with Gasteiger partial charge in [-0.3, -0.25) is 9.59 Å². The average Bonchev–Trinajstić information content (AvgIpc) is 2.52. The van der Waals surface area contributed by atoms with Crippen molar-refractivity contribution in [3.63, 3.8) is 0 Å². The Balaban J connectivity index is 2.82. The van der Waals surface area contributed by atoms with Gasteiger partial charge in [-0.25, -0.2) is 0 Å². The van der Waals surface area contributed by atoms with E-state index in [4.69, 9.17) is 26.2 Å². The van der Waals surface area contributed by atoms with Crippen LogP contribution in [0.3, 0.4) is 0 Å². The third-order valence-electron chi connectivity index (χ3n) is 3.67. The van der Waals surface area contributed by atoms with Crippen molar-refractivity contribution >= 4 is 23.5 Å². The molecule has 0 bridgehead atoms. The molecule has 0 fully saturated rings. The van der Waals surface area contributed by atoms with E-state index in [0.717, 1.165) is 0 Å². The van der Waals surface area contributed by atoms with Crippen molar-refractivity contribution in [3.05, 3.63) is 22.7 Å². The summed E-state index contributed by atoms with van der Waals surface area (Å²) < 4.78 is 10.9. The lowest BCUT2D eigenvalue weighted by molar-refractivity contribution is -0.147. The first-order valence-corrected chi connectivity index (χ1v) is 8.48. The number of carbonyl (C=O) groups excluding carboxylic acids is 1. The van der Waals surface area contributed by atoms with Crippen LogP contribution in [0.5, 0.6) is 11.5 Å². The number of rotatable bonds is 9. The van der Waals surface area contributed by atoms with Crippen molar-refractivity contribution in [3.8, 4) is 11.5 Å². The number of carbonyl (C=O) groups is 2. The fourth-order valence-electron chi connectivity index (χ4n) is 1.94. The van der Waals surface area contributed by atoms with Crippen LogP contribution in [0, 0.1) is 11.3 Å². The molecule has 0 aliphatic heterocycles. The van der Waals surface area contributed by atoms with Gasteiger partial charge in [0.05, 0.1) is 24.2 Å². The van der Waals surface area contributed by atoms with E-state index in [2.05, 4.69) is 5.32 Å². The van der Waals surface area contributed by atoms with E-state index in [1.165, 1.54) is 13.2 Å². The number of hydrogen-bond acceptors (Lipinski definition) is 4. The molecule has 0 heterocycles. The molecule has 1 aromatic carbocycles. The topological polar surface area (TPSA) is 84.9 Å². The van der Waals surface area contributed by atoms with Gasteiger partial charge in [-0.05, 0) is 38.3 Å². The predicted molar refractivity (Wildman–Crippen MR) is 96.7 cm³/mol. The summed E-state index contributed by atoms with van der Waals surface area (Å²) in [4.78, 5) is 23.4. The number of ether oxygens (including phenoxy) is 2. The molecule has 1 rings (SSSR count). The Morgan fingerprint density at radius 3 is 2.48 bits per heavy atom. The minimum absolute atomic E-state index is 0.240. The molecule has 0 aliphatic rings. The molecule has 0 unspecified atom stereocenters. The van der Waals surface area contributed by atoms with E-state index >= 15 is 0 Å². The summed E-state index contributed by atoms with van der Waals surface area (Å²) in [5, 5.41) is 12.1. The fourth-order valence-corrected chi connectivity index (χ4v) is 2.20. The zero-order valence-corrected chi connectivity index (χ0v) is 16.1. The molecular weight excluding hydrogens is 346 g/mol. The monoisotopic (exact) mass is 371 g/mol. The smallest absolute Gasteiger partial charge is 0.309 e. The van der Waals surface area contributed by atoms with Gasteiger partial charge in [0.15, 0.2) is 11.5 Å². The predicted octanol–water partition coefficient (Wildman–Crippen LogP) is 3.61. The lowest BCUT2D eigenvalue weighted by Crippen LogP contribution is -2.32. The van der Waals surface area contributed by atoms with Gasteiger partial charge in [-0.1, -0.05) is 25.4 Å². The van der Waals surface area contributed by atoms with Crippen LogP contribution >= 0.6 is 11.6 Å². The highest BCUT2D eigenvalue weighted by molar-refractivity contribution is 6.32. The van der Waals surface area contributed by atoms with Crippen LogP contribution in [-0.2, 0) is 4.79 Å². The number of nitrogens with one attached hydrogen (secondary N) is 1. The first-order valence-electron chi connectivity index (χ1n) is 8.10. The molecule has 0 saturated heterocycles. The zero-order chi connectivity index (χ0) is 19.2. The van der Waals surface area contributed by atoms with Crippen LogP contribution < -0.4 is 14.8 Å². The number of methoxy groups -OCH3 is 1. The van der Waals surface area contributed by atoms with Crippen molar-refractivity contribution in [1.82, 2.24) is 5.32 Å². The van der Waals surface area contributed by atoms with Crippen molar-refractivity contribution < 1.29 is 24.2 Å². The first-order chi connectivity index (χ1) is 11.6. The fraction of sp³-hybridized carbons (Fsp3) is 0.556. The molecule has 6 nitrogen and oxygen atoms in total. The molecule has 0 saturated carbocycles. The molecule has 1 aromatic rings. The Morgan fingerprint density at radius 2 is 1.96 bits per heavy atom. The van der Waals surface area contributed by atoms with Gasteiger partial charge in [-0.15, -0.1) is 0 Å². The van der Waals surface area contributed by atoms with Gasteiger partial charge in [0.1, 0.15) is 0 Å². The maximum atomic E-state index is 12.3. The number of carboxylic acids is 1. The van der Waals surface area contributed by atoms with Gasteiger partial charge in [0.2, 0.25) is 0 Å². The molecule has 2 N–H and O–H groups in total. The van der Waals surface area contributed by atoms with Crippen LogP contribution in [0.1, 0.15) is 44.5 Å². The number of amides is 1. The van der Waals surface area contributed by atoms with E-state index in [1.807, 2.05) is 13.8 Å². The van der Waals surface area contributed by atoms with Crippen LogP contribution in [0.4, 0.5) is 0 Å². The second-order valence-electron chi connectivity index (χ2n) is 6.89. The Hall–Kier alpha value is -1.95. The number of carboxylic acid groups (broad SMARTS) is 1. The van der Waals surface area contributed by atoms with E-state index < -0.39 is 11.4 Å². The number of halogens is 1. The highest BCUT2D eigenvalue weighted by atomic mass is 35.5. The van der Waals surface area contributed by atoms with E-state index in [9.17, 15) is 9.59 Å². The van der Waals surface area contributed by atoms with Crippen LogP contribution in [0.15, 0.2) is 12.1 Å². The van der Waals surface area contributed by atoms with Crippen molar-refractivity contribution in [2.45, 2.75) is 34.1 Å². The maximum Gasteiger partial charge on any atom is 0.309 e. The third-order valence-corrected chi connectivity index (χ3v) is 3.95. The molecular formula is C18H26ClNO5. The summed E-state index contributed by atoms with van der Waals surface area (Å²) in [6.45, 7) is 7.97. The average molecular weight is 372 g/mol. The lowest BCUT2D eigenvalue weighted by atomic mass is 9.90. The Labute approximate surface area is 153 Å². The summed E-state index contributed by atoms with van der Waals surface area (Å²) in [7, 11) is 1.48. The zero-order valence-electron chi connectivity index (χ0n) is 15.3. The maximum absolute atomic E-state index is 12.3. The minimum atomic E-state index is -0.906. The molecule has 1 amide bonds. The molecule has 25 heavy (non-hydrogen) atoms. The highest BCUT2D eigenvalue weighted by Gasteiger charge is 2.26. The van der Waals surface area contributed by atoms with Gasteiger partial charge in [-0.2, -0.15) is 0 Å². The Kier molecular flexibility index (Phi) is 7.55. The largest absolute Gasteiger partial charge is 0.493 e. The molecule has 140 valence electrons. The first kappa shape index (κ1) is 21.1. The number of benzene rings is 1. The minimum Gasteiger partial charge on any atom is -0.493 e. The van der Waals surface area contributed by atoms with E-state index in [1.54, 1.807) is 19.9 Å². The normalized spacial score (nSPS) is 11.3. The van der Waals surface area contributed by atoms with Gasteiger partial charge in [0.25, 0.3) is 5.91 Å². The van der Waals surface area contributed by atoms with Crippen molar-refractivity contribution in [2.24, 2.45) is 11.3 Å². The van der Waals surface area contributed by atoms with Crippen molar-refractivity contribution in [1.29, 1.82) is 0 Å². The van der Waals surface area contributed by atoms with Gasteiger partial charge in [0, 0.05) is 12.1 Å². The summed E-state index contributed by atoms with van der Waals surface area (Å²) in [5.74, 6) is -0.151. The summed E-state index contributed by atoms with van der Waals surface area (Å²) >= 11 is 6.23. The highest BCUT2D eigenvalue weighted by Crippen LogP contribution is 2.36.